The Balaban J connectivity index is 0.00000128. The zero-order chi connectivity index (χ0) is 10.7. The summed E-state index contributed by atoms with van der Waals surface area (Å²) < 4.78 is 0. The largest absolute Gasteiger partial charge is 0.330 e. The molecular weight excluding hydrogens is 224 g/mol. The van der Waals surface area contributed by atoms with E-state index >= 15 is 0 Å². The molecule has 0 bridgehead atoms. The average Bonchev–Trinajstić information content (AvgIpc) is 2.28. The average molecular weight is 241 g/mol. The Labute approximate surface area is 102 Å². The van der Waals surface area contributed by atoms with Crippen molar-refractivity contribution in [3.05, 3.63) is 29.8 Å². The Hall–Kier alpha value is -1.06. The normalized spacial score (nSPS) is 13.9. The molecule has 0 aromatic heterocycles. The number of nitrogens with two attached hydrogens (primary N) is 1. The van der Waals surface area contributed by atoms with Crippen LogP contribution in [0.25, 0.3) is 0 Å². The van der Waals surface area contributed by atoms with Gasteiger partial charge in [0.25, 0.3) is 0 Å². The molecule has 0 spiro atoms. The highest BCUT2D eigenvalue weighted by atomic mass is 35.5. The fourth-order valence-corrected chi connectivity index (χ4v) is 2.05. The second-order valence-corrected chi connectivity index (χ2v) is 3.82. The summed E-state index contributed by atoms with van der Waals surface area (Å²) in [4.78, 5) is 13.7. The number of carbonyl (C=O) groups excluding carboxylic acids is 1. The minimum Gasteiger partial charge on any atom is -0.330 e. The Morgan fingerprint density at radius 3 is 2.88 bits per heavy atom. The lowest BCUT2D eigenvalue weighted by Crippen LogP contribution is -2.36. The van der Waals surface area contributed by atoms with Crippen LogP contribution in [0.4, 0.5) is 5.69 Å². The van der Waals surface area contributed by atoms with Crippen LogP contribution in [0.15, 0.2) is 24.3 Å². The van der Waals surface area contributed by atoms with Crippen molar-refractivity contribution in [2.24, 2.45) is 5.73 Å². The fraction of sp³-hybridized carbons (Fsp3) is 0.417. The number of para-hydroxylation sites is 1. The van der Waals surface area contributed by atoms with Crippen molar-refractivity contribution in [1.82, 2.24) is 0 Å². The third kappa shape index (κ3) is 2.54. The summed E-state index contributed by atoms with van der Waals surface area (Å²) in [5.74, 6) is 0.143. The molecule has 1 amide bonds. The number of nitrogens with zero attached hydrogens (tertiary/aromatic N) is 1. The molecule has 0 unspecified atom stereocenters. The van der Waals surface area contributed by atoms with Crippen molar-refractivity contribution in [2.45, 2.75) is 19.3 Å². The van der Waals surface area contributed by atoms with E-state index in [4.69, 9.17) is 5.73 Å². The molecule has 1 aliphatic heterocycles. The van der Waals surface area contributed by atoms with Crippen LogP contribution in [0.3, 0.4) is 0 Å². The maximum atomic E-state index is 11.8. The van der Waals surface area contributed by atoms with Crippen LogP contribution in [0.2, 0.25) is 0 Å². The molecule has 3 nitrogen and oxygen atoms in total. The number of carbonyl (C=O) groups is 1. The molecule has 16 heavy (non-hydrogen) atoms. The maximum Gasteiger partial charge on any atom is 0.228 e. The summed E-state index contributed by atoms with van der Waals surface area (Å²) in [7, 11) is 0. The van der Waals surface area contributed by atoms with E-state index in [1.165, 1.54) is 5.56 Å². The second-order valence-electron chi connectivity index (χ2n) is 3.82. The topological polar surface area (TPSA) is 46.3 Å². The van der Waals surface area contributed by atoms with E-state index in [0.717, 1.165) is 25.1 Å². The molecule has 0 saturated carbocycles. The monoisotopic (exact) mass is 240 g/mol. The number of rotatable bonds is 2. The van der Waals surface area contributed by atoms with Gasteiger partial charge < -0.3 is 10.6 Å². The standard InChI is InChI=1S/C12H16N2O.ClH/c13-8-7-12(15)14-9-3-5-10-4-1-2-6-11(10)14;/h1-2,4,6H,3,5,7-9,13H2;1H. The number of benzene rings is 1. The molecule has 2 N–H and O–H groups in total. The molecule has 1 heterocycles. The number of fused-ring (bicyclic) bond motifs is 1. The Bertz CT molecular complexity index is 368. The number of anilines is 1. The van der Waals surface area contributed by atoms with Gasteiger partial charge in [-0.3, -0.25) is 4.79 Å². The number of aryl methyl sites for hydroxylation is 1. The quantitative estimate of drug-likeness (QED) is 0.856. The molecule has 0 radical (unpaired) electrons. The molecule has 0 atom stereocenters. The molecule has 1 aromatic rings. The number of amides is 1. The highest BCUT2D eigenvalue weighted by Gasteiger charge is 2.20. The second kappa shape index (κ2) is 5.87. The maximum absolute atomic E-state index is 11.8. The molecule has 4 heteroatoms. The zero-order valence-electron chi connectivity index (χ0n) is 9.19. The molecule has 1 aliphatic rings. The van der Waals surface area contributed by atoms with Gasteiger partial charge in [0.1, 0.15) is 0 Å². The predicted octanol–water partition coefficient (Wildman–Crippen LogP) is 1.74. The smallest absolute Gasteiger partial charge is 0.228 e. The summed E-state index contributed by atoms with van der Waals surface area (Å²) in [6, 6.07) is 8.11. The lowest BCUT2D eigenvalue weighted by atomic mass is 10.0. The van der Waals surface area contributed by atoms with E-state index in [-0.39, 0.29) is 18.3 Å². The molecule has 0 saturated heterocycles. The summed E-state index contributed by atoms with van der Waals surface area (Å²) in [6.45, 7) is 1.26. The first-order valence-electron chi connectivity index (χ1n) is 5.41. The van der Waals surface area contributed by atoms with E-state index in [1.807, 2.05) is 23.1 Å². The molecule has 0 aliphatic carbocycles. The fourth-order valence-electron chi connectivity index (χ4n) is 2.05. The minimum absolute atomic E-state index is 0. The molecule has 1 aromatic carbocycles. The lowest BCUT2D eigenvalue weighted by Gasteiger charge is -2.29. The minimum atomic E-state index is 0. The van der Waals surface area contributed by atoms with E-state index in [1.54, 1.807) is 0 Å². The number of hydrogen-bond donors (Lipinski definition) is 1. The van der Waals surface area contributed by atoms with Crippen LogP contribution in [0, 0.1) is 0 Å². The van der Waals surface area contributed by atoms with Crippen molar-refractivity contribution in [3.8, 4) is 0 Å². The summed E-state index contributed by atoms with van der Waals surface area (Å²) in [6.07, 6.45) is 2.56. The summed E-state index contributed by atoms with van der Waals surface area (Å²) in [5, 5.41) is 0. The van der Waals surface area contributed by atoms with E-state index in [2.05, 4.69) is 6.07 Å². The Morgan fingerprint density at radius 1 is 1.38 bits per heavy atom. The molecule has 0 fully saturated rings. The molecule has 88 valence electrons. The number of hydrogen-bond acceptors (Lipinski definition) is 2. The van der Waals surface area contributed by atoms with Crippen LogP contribution in [0.1, 0.15) is 18.4 Å². The van der Waals surface area contributed by atoms with Crippen molar-refractivity contribution in [1.29, 1.82) is 0 Å². The molecular formula is C12H17ClN2O. The SMILES string of the molecule is Cl.NCCC(=O)N1CCCc2ccccc21. The summed E-state index contributed by atoms with van der Waals surface area (Å²) in [5.41, 5.74) is 7.75. The van der Waals surface area contributed by atoms with Crippen molar-refractivity contribution < 1.29 is 4.79 Å². The van der Waals surface area contributed by atoms with Gasteiger partial charge in [-0.1, -0.05) is 18.2 Å². The highest BCUT2D eigenvalue weighted by molar-refractivity contribution is 5.94. The van der Waals surface area contributed by atoms with Crippen LogP contribution < -0.4 is 10.6 Å². The Morgan fingerprint density at radius 2 is 2.12 bits per heavy atom. The van der Waals surface area contributed by atoms with Gasteiger partial charge >= 0.3 is 0 Å². The highest BCUT2D eigenvalue weighted by Crippen LogP contribution is 2.26. The van der Waals surface area contributed by atoms with Crippen LogP contribution in [-0.4, -0.2) is 19.0 Å². The van der Waals surface area contributed by atoms with Gasteiger partial charge in [0.15, 0.2) is 0 Å². The van der Waals surface area contributed by atoms with Crippen LogP contribution in [-0.2, 0) is 11.2 Å². The van der Waals surface area contributed by atoms with Gasteiger partial charge in [-0.25, -0.2) is 0 Å². The third-order valence-electron chi connectivity index (χ3n) is 2.77. The lowest BCUT2D eigenvalue weighted by molar-refractivity contribution is -0.118. The van der Waals surface area contributed by atoms with Crippen molar-refractivity contribution in [2.75, 3.05) is 18.0 Å². The van der Waals surface area contributed by atoms with E-state index in [0.29, 0.717) is 13.0 Å². The first-order chi connectivity index (χ1) is 7.33. The molecule has 2 rings (SSSR count). The third-order valence-corrected chi connectivity index (χ3v) is 2.77. The van der Waals surface area contributed by atoms with Crippen LogP contribution in [0.5, 0.6) is 0 Å². The van der Waals surface area contributed by atoms with Gasteiger partial charge in [0, 0.05) is 25.2 Å². The predicted molar refractivity (Wildman–Crippen MR) is 68.0 cm³/mol. The number of halogens is 1. The van der Waals surface area contributed by atoms with Gasteiger partial charge in [0.05, 0.1) is 0 Å². The van der Waals surface area contributed by atoms with Gasteiger partial charge in [-0.05, 0) is 24.5 Å². The first-order valence-corrected chi connectivity index (χ1v) is 5.41. The van der Waals surface area contributed by atoms with Gasteiger partial charge in [0.2, 0.25) is 5.91 Å². The van der Waals surface area contributed by atoms with E-state index in [9.17, 15) is 4.79 Å². The van der Waals surface area contributed by atoms with Gasteiger partial charge in [-0.15, -0.1) is 12.4 Å². The summed E-state index contributed by atoms with van der Waals surface area (Å²) >= 11 is 0. The van der Waals surface area contributed by atoms with Gasteiger partial charge in [-0.2, -0.15) is 0 Å². The first kappa shape index (κ1) is 13.0. The van der Waals surface area contributed by atoms with Crippen LogP contribution >= 0.6 is 12.4 Å². The van der Waals surface area contributed by atoms with E-state index < -0.39 is 0 Å². The zero-order valence-corrected chi connectivity index (χ0v) is 10.0. The van der Waals surface area contributed by atoms with Crippen molar-refractivity contribution in [3.63, 3.8) is 0 Å². The Kier molecular flexibility index (Phi) is 4.77. The van der Waals surface area contributed by atoms with Crippen molar-refractivity contribution >= 4 is 24.0 Å².